The van der Waals surface area contributed by atoms with E-state index in [1.165, 1.54) is 0 Å². The topological polar surface area (TPSA) is 17.1 Å². The van der Waals surface area contributed by atoms with Gasteiger partial charge in [-0.25, -0.2) is 8.78 Å². The minimum atomic E-state index is -2.63. The Morgan fingerprint density at radius 1 is 1.46 bits per heavy atom. The molecule has 0 heterocycles. The van der Waals surface area contributed by atoms with Crippen molar-refractivity contribution in [2.24, 2.45) is 17.8 Å². The Balaban J connectivity index is 2.24. The molecule has 2 aliphatic rings. The van der Waals surface area contributed by atoms with E-state index in [2.05, 4.69) is 0 Å². The van der Waals surface area contributed by atoms with E-state index in [4.69, 9.17) is 0 Å². The third kappa shape index (κ3) is 1.17. The molecule has 0 aromatic heterocycles. The number of carbonyl (C=O) groups is 1. The molecule has 2 fully saturated rings. The monoisotopic (exact) mass is 300 g/mol. The van der Waals surface area contributed by atoms with Crippen molar-refractivity contribution in [2.45, 2.75) is 29.6 Å². The van der Waals surface area contributed by atoms with Crippen LogP contribution in [0.2, 0.25) is 0 Å². The van der Waals surface area contributed by atoms with Gasteiger partial charge in [-0.05, 0) is 12.8 Å². The molecule has 4 atom stereocenters. The van der Waals surface area contributed by atoms with Gasteiger partial charge in [-0.15, -0.1) is 0 Å². The minimum absolute atomic E-state index is 0.0491. The second kappa shape index (κ2) is 2.87. The number of hydrogen-bond donors (Lipinski definition) is 0. The van der Waals surface area contributed by atoms with Crippen molar-refractivity contribution in [1.82, 2.24) is 0 Å². The molecule has 0 saturated heterocycles. The van der Waals surface area contributed by atoms with Gasteiger partial charge in [0, 0.05) is 17.8 Å². The van der Waals surface area contributed by atoms with Crippen LogP contribution in [-0.2, 0) is 4.79 Å². The third-order valence-electron chi connectivity index (χ3n) is 3.38. The van der Waals surface area contributed by atoms with Crippen LogP contribution in [0.1, 0.15) is 19.8 Å². The number of rotatable bonds is 0. The first-order valence-electron chi connectivity index (χ1n) is 4.52. The summed E-state index contributed by atoms with van der Waals surface area (Å²) in [5, 5.41) is 0. The molecule has 0 aromatic carbocycles. The lowest BCUT2D eigenvalue weighted by Gasteiger charge is -2.50. The van der Waals surface area contributed by atoms with Gasteiger partial charge in [0.25, 0.3) is 5.92 Å². The van der Waals surface area contributed by atoms with Gasteiger partial charge in [-0.2, -0.15) is 0 Å². The van der Waals surface area contributed by atoms with E-state index in [0.717, 1.165) is 0 Å². The van der Waals surface area contributed by atoms with Crippen LogP contribution < -0.4 is 0 Å². The minimum Gasteiger partial charge on any atom is -0.299 e. The first kappa shape index (κ1) is 9.80. The molecule has 0 aromatic rings. The molecular formula is C9H11F2IO. The largest absolute Gasteiger partial charge is 0.299 e. The summed E-state index contributed by atoms with van der Waals surface area (Å²) in [6.07, 6.45) is 1.14. The van der Waals surface area contributed by atoms with Crippen molar-refractivity contribution >= 4 is 28.4 Å². The molecule has 0 bridgehead atoms. The summed E-state index contributed by atoms with van der Waals surface area (Å²) < 4.78 is 26.5. The Morgan fingerprint density at radius 3 is 2.69 bits per heavy atom. The highest BCUT2D eigenvalue weighted by Gasteiger charge is 2.63. The van der Waals surface area contributed by atoms with Crippen molar-refractivity contribution in [3.05, 3.63) is 0 Å². The summed E-state index contributed by atoms with van der Waals surface area (Å²) >= 11 is 1.81. The Labute approximate surface area is 89.4 Å². The second-order valence-corrected chi connectivity index (χ2v) is 5.55. The van der Waals surface area contributed by atoms with Crippen molar-refractivity contribution in [2.75, 3.05) is 0 Å². The number of fused-ring (bicyclic) bond motifs is 1. The first-order chi connectivity index (χ1) is 5.96. The van der Waals surface area contributed by atoms with Gasteiger partial charge in [0.05, 0.1) is 3.92 Å². The van der Waals surface area contributed by atoms with Crippen LogP contribution in [0.25, 0.3) is 0 Å². The van der Waals surface area contributed by atoms with E-state index in [0.29, 0.717) is 12.8 Å². The zero-order chi connectivity index (χ0) is 9.80. The van der Waals surface area contributed by atoms with Gasteiger partial charge in [0.1, 0.15) is 5.78 Å². The van der Waals surface area contributed by atoms with E-state index >= 15 is 0 Å². The molecule has 0 N–H and O–H groups in total. The quantitative estimate of drug-likeness (QED) is 0.496. The molecule has 0 unspecified atom stereocenters. The van der Waals surface area contributed by atoms with E-state index in [-0.39, 0.29) is 11.7 Å². The summed E-state index contributed by atoms with van der Waals surface area (Å²) in [5.74, 6) is -4.01. The van der Waals surface area contributed by atoms with Gasteiger partial charge in [-0.1, -0.05) is 29.5 Å². The molecule has 0 radical (unpaired) electrons. The second-order valence-electron chi connectivity index (χ2n) is 4.04. The van der Waals surface area contributed by atoms with Crippen molar-refractivity contribution in [3.63, 3.8) is 0 Å². The molecule has 4 heteroatoms. The predicted molar refractivity (Wildman–Crippen MR) is 53.1 cm³/mol. The fraction of sp³-hybridized carbons (Fsp3) is 0.889. The molecule has 0 amide bonds. The summed E-state index contributed by atoms with van der Waals surface area (Å²) in [5.41, 5.74) is 0. The average molecular weight is 300 g/mol. The van der Waals surface area contributed by atoms with Crippen molar-refractivity contribution in [1.29, 1.82) is 0 Å². The van der Waals surface area contributed by atoms with Crippen LogP contribution in [0.15, 0.2) is 0 Å². The molecule has 1 nitrogen and oxygen atoms in total. The highest BCUT2D eigenvalue weighted by molar-refractivity contribution is 14.1. The van der Waals surface area contributed by atoms with E-state index < -0.39 is 21.7 Å². The number of halogens is 3. The highest BCUT2D eigenvalue weighted by Crippen LogP contribution is 2.55. The van der Waals surface area contributed by atoms with Crippen LogP contribution in [0, 0.1) is 17.8 Å². The molecule has 13 heavy (non-hydrogen) atoms. The van der Waals surface area contributed by atoms with Crippen LogP contribution in [0.3, 0.4) is 0 Å². The summed E-state index contributed by atoms with van der Waals surface area (Å²) in [7, 11) is 0. The van der Waals surface area contributed by atoms with Crippen molar-refractivity contribution < 1.29 is 13.6 Å². The molecular weight excluding hydrogens is 289 g/mol. The summed E-state index contributed by atoms with van der Waals surface area (Å²) in [6.45, 7) is 1.63. The Kier molecular flexibility index (Phi) is 2.17. The third-order valence-corrected chi connectivity index (χ3v) is 4.83. The van der Waals surface area contributed by atoms with Crippen LogP contribution in [0.5, 0.6) is 0 Å². The van der Waals surface area contributed by atoms with Crippen LogP contribution >= 0.6 is 22.6 Å². The predicted octanol–water partition coefficient (Wildman–Crippen LogP) is 2.67. The molecule has 0 spiro atoms. The van der Waals surface area contributed by atoms with Gasteiger partial charge in [-0.3, -0.25) is 4.79 Å². The lowest BCUT2D eigenvalue weighted by molar-refractivity contribution is -0.181. The summed E-state index contributed by atoms with van der Waals surface area (Å²) in [6, 6.07) is 0. The molecule has 74 valence electrons. The maximum Gasteiger partial charge on any atom is 0.263 e. The average Bonchev–Trinajstić information content (AvgIpc) is 2.08. The SMILES string of the molecule is C[C@H]1C(=O)[C@H]2CC[C@@H](I)C(F)(F)[C@H]21. The van der Waals surface area contributed by atoms with Crippen LogP contribution in [-0.4, -0.2) is 15.6 Å². The Hall–Kier alpha value is 0.260. The molecule has 2 aliphatic carbocycles. The lowest BCUT2D eigenvalue weighted by Crippen LogP contribution is -2.60. The van der Waals surface area contributed by atoms with E-state index in [9.17, 15) is 13.6 Å². The smallest absolute Gasteiger partial charge is 0.263 e. The van der Waals surface area contributed by atoms with Gasteiger partial charge in [0.15, 0.2) is 0 Å². The van der Waals surface area contributed by atoms with Gasteiger partial charge in [0.2, 0.25) is 0 Å². The standard InChI is InChI=1S/C9H11F2IO/c1-4-7-5(8(4)13)2-3-6(12)9(7,10)11/h4-7H,2-3H2,1H3/t4-,5+,6-,7+/m1/s1. The van der Waals surface area contributed by atoms with E-state index in [1.54, 1.807) is 6.92 Å². The van der Waals surface area contributed by atoms with Gasteiger partial charge < -0.3 is 0 Å². The number of Topliss-reactive ketones (excluding diaryl/α,β-unsaturated/α-hetero) is 1. The Morgan fingerprint density at radius 2 is 2.08 bits per heavy atom. The number of carbonyl (C=O) groups excluding carboxylic acids is 1. The zero-order valence-electron chi connectivity index (χ0n) is 7.27. The number of alkyl halides is 3. The zero-order valence-corrected chi connectivity index (χ0v) is 9.42. The maximum absolute atomic E-state index is 13.6. The fourth-order valence-electron chi connectivity index (χ4n) is 2.57. The number of hydrogen-bond acceptors (Lipinski definition) is 1. The first-order valence-corrected chi connectivity index (χ1v) is 5.76. The summed E-state index contributed by atoms with van der Waals surface area (Å²) in [4.78, 5) is 11.3. The Bertz CT molecular complexity index is 254. The molecule has 2 saturated carbocycles. The normalized spacial score (nSPS) is 48.2. The lowest BCUT2D eigenvalue weighted by atomic mass is 9.57. The van der Waals surface area contributed by atoms with Crippen molar-refractivity contribution in [3.8, 4) is 0 Å². The highest BCUT2D eigenvalue weighted by atomic mass is 127. The molecule has 0 aliphatic heterocycles. The number of ketones is 1. The molecule has 2 rings (SSSR count). The van der Waals surface area contributed by atoms with Gasteiger partial charge >= 0.3 is 0 Å². The fourth-order valence-corrected chi connectivity index (χ4v) is 3.35. The van der Waals surface area contributed by atoms with Crippen LogP contribution in [0.4, 0.5) is 8.78 Å². The van der Waals surface area contributed by atoms with E-state index in [1.807, 2.05) is 22.6 Å². The maximum atomic E-state index is 13.6.